The molecule has 1 aromatic carbocycles. The normalized spacial score (nSPS) is 18.4. The Hall–Kier alpha value is -1.35. The Labute approximate surface area is 134 Å². The van der Waals surface area contributed by atoms with Crippen LogP contribution in [0.25, 0.3) is 0 Å². The van der Waals surface area contributed by atoms with Gasteiger partial charge in [-0.25, -0.2) is 0 Å². The summed E-state index contributed by atoms with van der Waals surface area (Å²) in [7, 11) is 0. The molecule has 0 aliphatic carbocycles. The molecular formula is C19H30N2O. The second-order valence-electron chi connectivity index (χ2n) is 7.41. The molecule has 3 nitrogen and oxygen atoms in total. The van der Waals surface area contributed by atoms with Crippen molar-refractivity contribution in [3.63, 3.8) is 0 Å². The van der Waals surface area contributed by atoms with E-state index in [4.69, 9.17) is 0 Å². The van der Waals surface area contributed by atoms with Gasteiger partial charge in [0.2, 0.25) is 5.91 Å². The molecule has 0 radical (unpaired) electrons. The maximum Gasteiger partial charge on any atom is 0.220 e. The number of unbranched alkanes of at least 4 members (excludes halogenated alkanes) is 1. The fourth-order valence-corrected chi connectivity index (χ4v) is 2.86. The predicted octanol–water partition coefficient (Wildman–Crippen LogP) is 3.18. The van der Waals surface area contributed by atoms with Crippen LogP contribution in [-0.2, 0) is 16.6 Å². The van der Waals surface area contributed by atoms with Gasteiger partial charge in [0, 0.05) is 19.0 Å². The van der Waals surface area contributed by atoms with Crippen LogP contribution in [0.4, 0.5) is 0 Å². The predicted molar refractivity (Wildman–Crippen MR) is 92.1 cm³/mol. The molecule has 122 valence electrons. The van der Waals surface area contributed by atoms with Gasteiger partial charge in [-0.3, -0.25) is 4.79 Å². The fourth-order valence-electron chi connectivity index (χ4n) is 2.86. The fraction of sp³-hybridized carbons (Fsp3) is 0.632. The summed E-state index contributed by atoms with van der Waals surface area (Å²) < 4.78 is 0. The summed E-state index contributed by atoms with van der Waals surface area (Å²) in [5.41, 5.74) is 2.96. The largest absolute Gasteiger partial charge is 0.352 e. The average molecular weight is 302 g/mol. The number of aryl methyl sites for hydroxylation is 1. The zero-order valence-corrected chi connectivity index (χ0v) is 14.2. The van der Waals surface area contributed by atoms with Crippen molar-refractivity contribution in [3.8, 4) is 0 Å². The minimum Gasteiger partial charge on any atom is -0.352 e. The lowest BCUT2D eigenvalue weighted by Gasteiger charge is -2.19. The quantitative estimate of drug-likeness (QED) is 0.793. The SMILES string of the molecule is CC(C)(C)c1ccc(CCCCC(=O)NC2CCNC2)cc1. The molecule has 3 heteroatoms. The van der Waals surface area contributed by atoms with Crippen molar-refractivity contribution in [2.24, 2.45) is 0 Å². The molecule has 1 fully saturated rings. The summed E-state index contributed by atoms with van der Waals surface area (Å²) in [6, 6.07) is 9.26. The highest BCUT2D eigenvalue weighted by Crippen LogP contribution is 2.22. The van der Waals surface area contributed by atoms with Gasteiger partial charge >= 0.3 is 0 Å². The molecule has 2 N–H and O–H groups in total. The Bertz CT molecular complexity index is 467. The molecule has 2 rings (SSSR count). The molecule has 1 atom stereocenters. The molecule has 0 bridgehead atoms. The number of amides is 1. The molecule has 22 heavy (non-hydrogen) atoms. The maximum atomic E-state index is 11.8. The molecular weight excluding hydrogens is 272 g/mol. The van der Waals surface area contributed by atoms with Crippen molar-refractivity contribution >= 4 is 5.91 Å². The molecule has 1 aromatic rings. The highest BCUT2D eigenvalue weighted by atomic mass is 16.1. The highest BCUT2D eigenvalue weighted by molar-refractivity contribution is 5.76. The van der Waals surface area contributed by atoms with Crippen LogP contribution >= 0.6 is 0 Å². The number of hydrogen-bond acceptors (Lipinski definition) is 2. The second kappa shape index (κ2) is 7.77. The standard InChI is InChI=1S/C19H30N2O/c1-19(2,3)16-10-8-15(9-11-16)6-4-5-7-18(22)21-17-12-13-20-14-17/h8-11,17,20H,4-7,12-14H2,1-3H3,(H,21,22). The molecule has 1 saturated heterocycles. The first-order valence-corrected chi connectivity index (χ1v) is 8.54. The van der Waals surface area contributed by atoms with Crippen molar-refractivity contribution in [2.45, 2.75) is 64.3 Å². The number of nitrogens with one attached hydrogen (secondary N) is 2. The van der Waals surface area contributed by atoms with E-state index < -0.39 is 0 Å². The first kappa shape index (κ1) is 17.0. The summed E-state index contributed by atoms with van der Waals surface area (Å²) in [6.45, 7) is 8.66. The lowest BCUT2D eigenvalue weighted by Crippen LogP contribution is -2.36. The van der Waals surface area contributed by atoms with Gasteiger partial charge in [-0.1, -0.05) is 45.0 Å². The van der Waals surface area contributed by atoms with E-state index in [1.54, 1.807) is 0 Å². The number of carbonyl (C=O) groups excluding carboxylic acids is 1. The molecule has 0 aromatic heterocycles. The lowest BCUT2D eigenvalue weighted by molar-refractivity contribution is -0.121. The second-order valence-corrected chi connectivity index (χ2v) is 7.41. The summed E-state index contributed by atoms with van der Waals surface area (Å²) in [6.07, 6.45) is 4.81. The van der Waals surface area contributed by atoms with Gasteiger partial charge in [-0.2, -0.15) is 0 Å². The third kappa shape index (κ3) is 5.45. The topological polar surface area (TPSA) is 41.1 Å². The van der Waals surface area contributed by atoms with Crippen LogP contribution in [-0.4, -0.2) is 25.0 Å². The van der Waals surface area contributed by atoms with E-state index in [9.17, 15) is 4.79 Å². The number of benzene rings is 1. The Balaban J connectivity index is 1.64. The first-order valence-electron chi connectivity index (χ1n) is 8.54. The zero-order valence-electron chi connectivity index (χ0n) is 14.2. The lowest BCUT2D eigenvalue weighted by atomic mass is 9.86. The van der Waals surface area contributed by atoms with Gasteiger partial charge in [0.1, 0.15) is 0 Å². The van der Waals surface area contributed by atoms with E-state index in [1.165, 1.54) is 11.1 Å². The van der Waals surface area contributed by atoms with Gasteiger partial charge in [0.05, 0.1) is 0 Å². The van der Waals surface area contributed by atoms with Gasteiger partial charge < -0.3 is 10.6 Å². The highest BCUT2D eigenvalue weighted by Gasteiger charge is 2.16. The van der Waals surface area contributed by atoms with Crippen molar-refractivity contribution in [2.75, 3.05) is 13.1 Å². The van der Waals surface area contributed by atoms with Crippen LogP contribution in [0.1, 0.15) is 57.6 Å². The van der Waals surface area contributed by atoms with Crippen molar-refractivity contribution in [3.05, 3.63) is 35.4 Å². The third-order valence-corrected chi connectivity index (χ3v) is 4.36. The molecule has 0 saturated carbocycles. The third-order valence-electron chi connectivity index (χ3n) is 4.36. The van der Waals surface area contributed by atoms with Gasteiger partial charge in [-0.15, -0.1) is 0 Å². The van der Waals surface area contributed by atoms with E-state index in [2.05, 4.69) is 55.7 Å². The van der Waals surface area contributed by atoms with E-state index >= 15 is 0 Å². The smallest absolute Gasteiger partial charge is 0.220 e. The minimum absolute atomic E-state index is 0.205. The minimum atomic E-state index is 0.205. The monoisotopic (exact) mass is 302 g/mol. The van der Waals surface area contributed by atoms with Crippen LogP contribution in [0.3, 0.4) is 0 Å². The number of carbonyl (C=O) groups is 1. The van der Waals surface area contributed by atoms with Crippen molar-refractivity contribution in [1.29, 1.82) is 0 Å². The molecule has 1 aliphatic rings. The van der Waals surface area contributed by atoms with Crippen molar-refractivity contribution in [1.82, 2.24) is 10.6 Å². The zero-order chi connectivity index (χ0) is 16.0. The van der Waals surface area contributed by atoms with Crippen LogP contribution in [0.5, 0.6) is 0 Å². The van der Waals surface area contributed by atoms with E-state index in [-0.39, 0.29) is 11.3 Å². The summed E-state index contributed by atoms with van der Waals surface area (Å²) in [4.78, 5) is 11.8. The van der Waals surface area contributed by atoms with Crippen molar-refractivity contribution < 1.29 is 4.79 Å². The number of rotatable bonds is 6. The molecule has 0 spiro atoms. The van der Waals surface area contributed by atoms with Gasteiger partial charge in [0.25, 0.3) is 0 Å². The maximum absolute atomic E-state index is 11.8. The van der Waals surface area contributed by atoms with Gasteiger partial charge in [0.15, 0.2) is 0 Å². The molecule has 1 heterocycles. The molecule has 1 aliphatic heterocycles. The Kier molecular flexibility index (Phi) is 6.01. The van der Waals surface area contributed by atoms with Crippen LogP contribution in [0, 0.1) is 0 Å². The van der Waals surface area contributed by atoms with E-state index in [0.717, 1.165) is 38.8 Å². The Morgan fingerprint density at radius 1 is 1.23 bits per heavy atom. The summed E-state index contributed by atoms with van der Waals surface area (Å²) in [5, 5.41) is 6.37. The van der Waals surface area contributed by atoms with Crippen LogP contribution < -0.4 is 10.6 Å². The number of hydrogen-bond donors (Lipinski definition) is 2. The average Bonchev–Trinajstić information content (AvgIpc) is 2.96. The van der Waals surface area contributed by atoms with Crippen LogP contribution in [0.2, 0.25) is 0 Å². The molecule has 1 amide bonds. The molecule has 1 unspecified atom stereocenters. The Morgan fingerprint density at radius 2 is 1.95 bits per heavy atom. The summed E-state index contributed by atoms with van der Waals surface area (Å²) in [5.74, 6) is 0.205. The summed E-state index contributed by atoms with van der Waals surface area (Å²) >= 11 is 0. The first-order chi connectivity index (χ1) is 10.4. The Morgan fingerprint density at radius 3 is 2.55 bits per heavy atom. The van der Waals surface area contributed by atoms with E-state index in [0.29, 0.717) is 12.5 Å². The van der Waals surface area contributed by atoms with Gasteiger partial charge in [-0.05, 0) is 48.8 Å². The van der Waals surface area contributed by atoms with E-state index in [1.807, 2.05) is 0 Å². The van der Waals surface area contributed by atoms with Crippen LogP contribution in [0.15, 0.2) is 24.3 Å².